The summed E-state index contributed by atoms with van der Waals surface area (Å²) in [6, 6.07) is 6.36. The van der Waals surface area contributed by atoms with Gasteiger partial charge in [-0.15, -0.1) is 0 Å². The van der Waals surface area contributed by atoms with Crippen LogP contribution in [0.3, 0.4) is 0 Å². The van der Waals surface area contributed by atoms with E-state index in [0.29, 0.717) is 0 Å². The normalized spacial score (nSPS) is 12.8. The van der Waals surface area contributed by atoms with Crippen LogP contribution in [0.25, 0.3) is 0 Å². The van der Waals surface area contributed by atoms with E-state index in [0.717, 1.165) is 24.0 Å². The Labute approximate surface area is 119 Å². The number of halogens is 1. The zero-order valence-corrected chi connectivity index (χ0v) is 13.4. The largest absolute Gasteiger partial charge is 0.374 e. The van der Waals surface area contributed by atoms with E-state index in [-0.39, 0.29) is 6.04 Å². The second-order valence-electron chi connectivity index (χ2n) is 5.07. The van der Waals surface area contributed by atoms with Crippen LogP contribution in [0.4, 0.5) is 5.69 Å². The van der Waals surface area contributed by atoms with Crippen LogP contribution >= 0.6 is 15.9 Å². The maximum absolute atomic E-state index is 6.03. The highest BCUT2D eigenvalue weighted by Gasteiger charge is 2.11. The van der Waals surface area contributed by atoms with Crippen molar-refractivity contribution in [2.75, 3.05) is 39.1 Å². The third-order valence-electron chi connectivity index (χ3n) is 2.99. The number of rotatable bonds is 6. The van der Waals surface area contributed by atoms with E-state index in [2.05, 4.69) is 65.1 Å². The number of hydrogen-bond acceptors (Lipinski definition) is 3. The predicted molar refractivity (Wildman–Crippen MR) is 83.2 cm³/mol. The molecular weight excluding hydrogens is 290 g/mol. The SMILES string of the molecule is CC(N)c1ccc(Br)cc1N(C)CCCN(C)C. The molecular formula is C14H24BrN3. The third kappa shape index (κ3) is 4.59. The molecule has 0 radical (unpaired) electrons. The van der Waals surface area contributed by atoms with Crippen molar-refractivity contribution in [3.63, 3.8) is 0 Å². The number of benzene rings is 1. The van der Waals surface area contributed by atoms with Gasteiger partial charge in [0.1, 0.15) is 0 Å². The van der Waals surface area contributed by atoms with Crippen molar-refractivity contribution >= 4 is 21.6 Å². The molecule has 4 heteroatoms. The first kappa shape index (κ1) is 15.5. The first-order valence-electron chi connectivity index (χ1n) is 6.32. The van der Waals surface area contributed by atoms with Gasteiger partial charge in [-0.25, -0.2) is 0 Å². The highest BCUT2D eigenvalue weighted by Crippen LogP contribution is 2.28. The monoisotopic (exact) mass is 313 g/mol. The van der Waals surface area contributed by atoms with E-state index in [9.17, 15) is 0 Å². The number of hydrogen-bond donors (Lipinski definition) is 1. The van der Waals surface area contributed by atoms with Crippen molar-refractivity contribution in [3.8, 4) is 0 Å². The molecule has 0 saturated carbocycles. The van der Waals surface area contributed by atoms with Gasteiger partial charge in [-0.1, -0.05) is 22.0 Å². The van der Waals surface area contributed by atoms with E-state index in [1.165, 1.54) is 11.3 Å². The maximum Gasteiger partial charge on any atom is 0.0423 e. The minimum Gasteiger partial charge on any atom is -0.374 e. The lowest BCUT2D eigenvalue weighted by Gasteiger charge is -2.25. The summed E-state index contributed by atoms with van der Waals surface area (Å²) in [4.78, 5) is 4.49. The molecule has 0 aliphatic heterocycles. The fraction of sp³-hybridized carbons (Fsp3) is 0.571. The Balaban J connectivity index is 2.77. The van der Waals surface area contributed by atoms with Gasteiger partial charge in [-0.2, -0.15) is 0 Å². The van der Waals surface area contributed by atoms with Crippen molar-refractivity contribution in [2.45, 2.75) is 19.4 Å². The summed E-state index contributed by atoms with van der Waals surface area (Å²) in [5, 5.41) is 0. The van der Waals surface area contributed by atoms with Crippen molar-refractivity contribution in [2.24, 2.45) is 5.73 Å². The lowest BCUT2D eigenvalue weighted by molar-refractivity contribution is 0.401. The first-order valence-corrected chi connectivity index (χ1v) is 7.12. The Kier molecular flexibility index (Phi) is 6.12. The van der Waals surface area contributed by atoms with Gasteiger partial charge in [-0.05, 0) is 51.7 Å². The highest BCUT2D eigenvalue weighted by molar-refractivity contribution is 9.10. The second kappa shape index (κ2) is 7.12. The molecule has 3 nitrogen and oxygen atoms in total. The summed E-state index contributed by atoms with van der Waals surface area (Å²) in [6.07, 6.45) is 1.15. The molecule has 1 aromatic rings. The Bertz CT molecular complexity index is 377. The molecule has 0 aliphatic carbocycles. The molecule has 0 saturated heterocycles. The second-order valence-corrected chi connectivity index (χ2v) is 5.99. The van der Waals surface area contributed by atoms with E-state index in [1.54, 1.807) is 0 Å². The first-order chi connectivity index (χ1) is 8.41. The van der Waals surface area contributed by atoms with Gasteiger partial charge in [0, 0.05) is 29.8 Å². The van der Waals surface area contributed by atoms with Gasteiger partial charge >= 0.3 is 0 Å². The molecule has 1 atom stereocenters. The number of nitrogens with zero attached hydrogens (tertiary/aromatic N) is 2. The maximum atomic E-state index is 6.03. The molecule has 2 N–H and O–H groups in total. The zero-order valence-electron chi connectivity index (χ0n) is 11.8. The average molecular weight is 314 g/mol. The summed E-state index contributed by atoms with van der Waals surface area (Å²) < 4.78 is 1.10. The van der Waals surface area contributed by atoms with Crippen LogP contribution in [0.15, 0.2) is 22.7 Å². The molecule has 1 aromatic carbocycles. The fourth-order valence-electron chi connectivity index (χ4n) is 1.98. The zero-order chi connectivity index (χ0) is 13.7. The van der Waals surface area contributed by atoms with Crippen LogP contribution in [0.1, 0.15) is 24.9 Å². The van der Waals surface area contributed by atoms with E-state index < -0.39 is 0 Å². The minimum absolute atomic E-state index is 0.0596. The van der Waals surface area contributed by atoms with Gasteiger partial charge in [-0.3, -0.25) is 0 Å². The lowest BCUT2D eigenvalue weighted by Crippen LogP contribution is -2.25. The minimum atomic E-state index is 0.0596. The molecule has 0 amide bonds. The van der Waals surface area contributed by atoms with Crippen LogP contribution in [0, 0.1) is 0 Å². The van der Waals surface area contributed by atoms with E-state index >= 15 is 0 Å². The highest BCUT2D eigenvalue weighted by atomic mass is 79.9. The third-order valence-corrected chi connectivity index (χ3v) is 3.49. The number of nitrogens with two attached hydrogens (primary N) is 1. The summed E-state index contributed by atoms with van der Waals surface area (Å²) in [5.41, 5.74) is 8.45. The fourth-order valence-corrected chi connectivity index (χ4v) is 2.33. The van der Waals surface area contributed by atoms with Gasteiger partial charge in [0.2, 0.25) is 0 Å². The molecule has 102 valence electrons. The Morgan fingerprint density at radius 2 is 1.89 bits per heavy atom. The van der Waals surface area contributed by atoms with Crippen LogP contribution < -0.4 is 10.6 Å². The molecule has 0 aromatic heterocycles. The van der Waals surface area contributed by atoms with Crippen molar-refractivity contribution in [3.05, 3.63) is 28.2 Å². The Hall–Kier alpha value is -0.580. The summed E-state index contributed by atoms with van der Waals surface area (Å²) in [6.45, 7) is 4.17. The number of anilines is 1. The molecule has 1 unspecified atom stereocenters. The smallest absolute Gasteiger partial charge is 0.0423 e. The van der Waals surface area contributed by atoms with Crippen molar-refractivity contribution < 1.29 is 0 Å². The standard InChI is InChI=1S/C14H24BrN3/c1-11(16)13-7-6-12(15)10-14(13)18(4)9-5-8-17(2)3/h6-7,10-11H,5,8-9,16H2,1-4H3. The molecule has 0 spiro atoms. The molecule has 0 bridgehead atoms. The van der Waals surface area contributed by atoms with Crippen LogP contribution in [0.5, 0.6) is 0 Å². The van der Waals surface area contributed by atoms with E-state index in [4.69, 9.17) is 5.73 Å². The van der Waals surface area contributed by atoms with Gasteiger partial charge in [0.05, 0.1) is 0 Å². The Morgan fingerprint density at radius 3 is 2.44 bits per heavy atom. The topological polar surface area (TPSA) is 32.5 Å². The molecule has 0 aliphatic rings. The van der Waals surface area contributed by atoms with Gasteiger partial charge in [0.15, 0.2) is 0 Å². The lowest BCUT2D eigenvalue weighted by atomic mass is 10.1. The molecule has 0 fully saturated rings. The quantitative estimate of drug-likeness (QED) is 0.876. The summed E-state index contributed by atoms with van der Waals surface area (Å²) in [7, 11) is 6.34. The van der Waals surface area contributed by atoms with Gasteiger partial charge in [0.25, 0.3) is 0 Å². The predicted octanol–water partition coefficient (Wildman–Crippen LogP) is 2.86. The molecule has 18 heavy (non-hydrogen) atoms. The van der Waals surface area contributed by atoms with Crippen molar-refractivity contribution in [1.29, 1.82) is 0 Å². The molecule has 0 heterocycles. The van der Waals surface area contributed by atoms with Gasteiger partial charge < -0.3 is 15.5 Å². The van der Waals surface area contributed by atoms with Crippen LogP contribution in [-0.4, -0.2) is 39.1 Å². The summed E-state index contributed by atoms with van der Waals surface area (Å²) in [5.74, 6) is 0. The Morgan fingerprint density at radius 1 is 1.22 bits per heavy atom. The van der Waals surface area contributed by atoms with Crippen LogP contribution in [0.2, 0.25) is 0 Å². The average Bonchev–Trinajstić information content (AvgIpc) is 2.27. The van der Waals surface area contributed by atoms with Crippen molar-refractivity contribution in [1.82, 2.24) is 4.90 Å². The van der Waals surface area contributed by atoms with E-state index in [1.807, 2.05) is 6.92 Å². The summed E-state index contributed by atoms with van der Waals surface area (Å²) >= 11 is 3.53. The van der Waals surface area contributed by atoms with Crippen LogP contribution in [-0.2, 0) is 0 Å². The molecule has 1 rings (SSSR count).